The number of carbonyl (C=O) groups is 1. The predicted octanol–water partition coefficient (Wildman–Crippen LogP) is 1.50. The van der Waals surface area contributed by atoms with Crippen LogP contribution in [0.15, 0.2) is 12.1 Å². The number of ether oxygens (including phenoxy) is 1. The molecule has 1 aromatic rings. The van der Waals surface area contributed by atoms with Crippen LogP contribution in [0.25, 0.3) is 0 Å². The van der Waals surface area contributed by atoms with Crippen molar-refractivity contribution < 1.29 is 23.4 Å². The summed E-state index contributed by atoms with van der Waals surface area (Å²) in [5.41, 5.74) is -0.138. The summed E-state index contributed by atoms with van der Waals surface area (Å²) in [7, 11) is 0. The highest BCUT2D eigenvalue weighted by molar-refractivity contribution is 5.94. The number of halogens is 2. The minimum Gasteiger partial charge on any atom is -0.394 e. The van der Waals surface area contributed by atoms with Gasteiger partial charge < -0.3 is 14.7 Å². The first kappa shape index (κ1) is 14.9. The number of hydrogen-bond donors (Lipinski definition) is 1. The Morgan fingerprint density at radius 2 is 2.15 bits per heavy atom. The normalized spacial score (nSPS) is 22.9. The smallest absolute Gasteiger partial charge is 0.257 e. The molecule has 0 saturated carbocycles. The van der Waals surface area contributed by atoms with Gasteiger partial charge in [-0.05, 0) is 31.5 Å². The molecule has 0 aliphatic carbocycles. The molecule has 1 heterocycles. The summed E-state index contributed by atoms with van der Waals surface area (Å²) in [5, 5.41) is 9.09. The van der Waals surface area contributed by atoms with Crippen molar-refractivity contribution in [2.24, 2.45) is 0 Å². The van der Waals surface area contributed by atoms with Gasteiger partial charge in [-0.1, -0.05) is 0 Å². The number of rotatable bonds is 2. The lowest BCUT2D eigenvalue weighted by atomic mass is 10.1. The van der Waals surface area contributed by atoms with Crippen LogP contribution in [-0.2, 0) is 4.74 Å². The second kappa shape index (κ2) is 5.85. The molecule has 2 unspecified atom stereocenters. The van der Waals surface area contributed by atoms with Crippen LogP contribution in [0.2, 0.25) is 0 Å². The molecule has 1 saturated heterocycles. The van der Waals surface area contributed by atoms with Gasteiger partial charge in [-0.3, -0.25) is 4.79 Å². The van der Waals surface area contributed by atoms with Crippen molar-refractivity contribution >= 4 is 5.91 Å². The van der Waals surface area contributed by atoms with E-state index in [2.05, 4.69) is 0 Å². The number of benzene rings is 1. The first-order chi connectivity index (χ1) is 9.43. The Hall–Kier alpha value is -1.53. The molecule has 0 bridgehead atoms. The molecule has 6 heteroatoms. The van der Waals surface area contributed by atoms with Gasteiger partial charge in [0.2, 0.25) is 0 Å². The maximum atomic E-state index is 13.8. The molecule has 1 N–H and O–H groups in total. The van der Waals surface area contributed by atoms with Gasteiger partial charge in [0, 0.05) is 6.54 Å². The summed E-state index contributed by atoms with van der Waals surface area (Å²) >= 11 is 0. The first-order valence-electron chi connectivity index (χ1n) is 6.43. The zero-order valence-electron chi connectivity index (χ0n) is 11.4. The minimum atomic E-state index is -0.742. The lowest BCUT2D eigenvalue weighted by Crippen LogP contribution is -2.52. The van der Waals surface area contributed by atoms with Crippen molar-refractivity contribution in [3.05, 3.63) is 34.9 Å². The van der Waals surface area contributed by atoms with Crippen molar-refractivity contribution in [3.8, 4) is 0 Å². The first-order valence-corrected chi connectivity index (χ1v) is 6.43. The summed E-state index contributed by atoms with van der Waals surface area (Å²) in [6, 6.07) is 1.68. The molecule has 2 rings (SSSR count). The number of hydrogen-bond acceptors (Lipinski definition) is 3. The molecule has 0 spiro atoms. The van der Waals surface area contributed by atoms with Crippen LogP contribution < -0.4 is 0 Å². The van der Waals surface area contributed by atoms with Crippen LogP contribution in [-0.4, -0.2) is 47.8 Å². The third-order valence-electron chi connectivity index (χ3n) is 3.45. The van der Waals surface area contributed by atoms with Gasteiger partial charge in [-0.25, -0.2) is 8.78 Å². The van der Waals surface area contributed by atoms with E-state index in [0.29, 0.717) is 0 Å². The van der Waals surface area contributed by atoms with Crippen molar-refractivity contribution in [2.45, 2.75) is 26.0 Å². The van der Waals surface area contributed by atoms with Gasteiger partial charge in [0.15, 0.2) is 0 Å². The molecule has 4 nitrogen and oxygen atoms in total. The molecule has 1 aliphatic heterocycles. The van der Waals surface area contributed by atoms with Gasteiger partial charge in [-0.2, -0.15) is 0 Å². The van der Waals surface area contributed by atoms with Gasteiger partial charge in [0.1, 0.15) is 11.6 Å². The maximum absolute atomic E-state index is 13.8. The van der Waals surface area contributed by atoms with Crippen LogP contribution in [0.5, 0.6) is 0 Å². The fourth-order valence-corrected chi connectivity index (χ4v) is 2.18. The number of nitrogens with zero attached hydrogens (tertiary/aromatic N) is 1. The van der Waals surface area contributed by atoms with Gasteiger partial charge >= 0.3 is 0 Å². The summed E-state index contributed by atoms with van der Waals surface area (Å²) in [4.78, 5) is 13.7. The van der Waals surface area contributed by atoms with Crippen molar-refractivity contribution in [2.75, 3.05) is 19.8 Å². The third kappa shape index (κ3) is 2.81. The molecular weight excluding hydrogens is 268 g/mol. The van der Waals surface area contributed by atoms with E-state index in [4.69, 9.17) is 9.84 Å². The Labute approximate surface area is 116 Å². The van der Waals surface area contributed by atoms with E-state index in [9.17, 15) is 13.6 Å². The topological polar surface area (TPSA) is 49.8 Å². The summed E-state index contributed by atoms with van der Waals surface area (Å²) in [6.07, 6.45) is -0.492. The molecule has 1 amide bonds. The second-order valence-electron chi connectivity index (χ2n) is 5.03. The molecular formula is C14H17F2NO3. The molecule has 0 radical (unpaired) electrons. The molecule has 20 heavy (non-hydrogen) atoms. The van der Waals surface area contributed by atoms with Gasteiger partial charge in [-0.15, -0.1) is 0 Å². The Balaban J connectivity index is 2.28. The zero-order valence-corrected chi connectivity index (χ0v) is 11.4. The molecule has 0 aromatic heterocycles. The highest BCUT2D eigenvalue weighted by Crippen LogP contribution is 2.20. The summed E-state index contributed by atoms with van der Waals surface area (Å²) in [5.74, 6) is -1.95. The van der Waals surface area contributed by atoms with E-state index in [-0.39, 0.29) is 36.9 Å². The van der Waals surface area contributed by atoms with Crippen LogP contribution in [0, 0.1) is 18.6 Å². The zero-order chi connectivity index (χ0) is 14.9. The fraction of sp³-hybridized carbons (Fsp3) is 0.500. The number of morpholine rings is 1. The highest BCUT2D eigenvalue weighted by Gasteiger charge is 2.31. The SMILES string of the molecule is Cc1cc(F)c(C(=O)N2CC(CO)OCC2C)cc1F. The number of aliphatic hydroxyl groups excluding tert-OH is 1. The van der Waals surface area contributed by atoms with E-state index in [0.717, 1.165) is 12.1 Å². The lowest BCUT2D eigenvalue weighted by molar-refractivity contribution is -0.0668. The maximum Gasteiger partial charge on any atom is 0.257 e. The molecule has 1 aliphatic rings. The van der Waals surface area contributed by atoms with Crippen LogP contribution in [0.3, 0.4) is 0 Å². The predicted molar refractivity (Wildman–Crippen MR) is 68.4 cm³/mol. The van der Waals surface area contributed by atoms with Crippen LogP contribution in [0.4, 0.5) is 8.78 Å². The van der Waals surface area contributed by atoms with Crippen molar-refractivity contribution in [1.29, 1.82) is 0 Å². The van der Waals surface area contributed by atoms with E-state index in [1.54, 1.807) is 6.92 Å². The number of carbonyl (C=O) groups excluding carboxylic acids is 1. The largest absolute Gasteiger partial charge is 0.394 e. The lowest BCUT2D eigenvalue weighted by Gasteiger charge is -2.37. The molecule has 2 atom stereocenters. The Morgan fingerprint density at radius 3 is 2.80 bits per heavy atom. The van der Waals surface area contributed by atoms with Crippen molar-refractivity contribution in [3.63, 3.8) is 0 Å². The molecule has 110 valence electrons. The van der Waals surface area contributed by atoms with Crippen LogP contribution >= 0.6 is 0 Å². The fourth-order valence-electron chi connectivity index (χ4n) is 2.18. The second-order valence-corrected chi connectivity index (χ2v) is 5.03. The number of amides is 1. The Kier molecular flexibility index (Phi) is 4.35. The Bertz CT molecular complexity index is 521. The van der Waals surface area contributed by atoms with Crippen molar-refractivity contribution in [1.82, 2.24) is 4.90 Å². The van der Waals surface area contributed by atoms with Gasteiger partial charge in [0.05, 0.1) is 30.9 Å². The Morgan fingerprint density at radius 1 is 1.45 bits per heavy atom. The van der Waals surface area contributed by atoms with Crippen LogP contribution in [0.1, 0.15) is 22.8 Å². The number of aryl methyl sites for hydroxylation is 1. The van der Waals surface area contributed by atoms with E-state index < -0.39 is 23.6 Å². The standard InChI is InChI=1S/C14H17F2NO3/c1-8-3-13(16)11(4-12(8)15)14(19)17-5-10(6-18)20-7-9(17)2/h3-4,9-10,18H,5-7H2,1-2H3. The molecule has 1 fully saturated rings. The van der Waals surface area contributed by atoms with Gasteiger partial charge in [0.25, 0.3) is 5.91 Å². The minimum absolute atomic E-state index is 0.155. The summed E-state index contributed by atoms with van der Waals surface area (Å²) < 4.78 is 32.7. The average Bonchev–Trinajstić information content (AvgIpc) is 2.42. The summed E-state index contributed by atoms with van der Waals surface area (Å²) in [6.45, 7) is 3.39. The number of aliphatic hydroxyl groups is 1. The highest BCUT2D eigenvalue weighted by atomic mass is 19.1. The van der Waals surface area contributed by atoms with E-state index >= 15 is 0 Å². The van der Waals surface area contributed by atoms with E-state index in [1.165, 1.54) is 11.8 Å². The molecule has 1 aromatic carbocycles. The third-order valence-corrected chi connectivity index (χ3v) is 3.45. The average molecular weight is 285 g/mol. The quantitative estimate of drug-likeness (QED) is 0.896. The monoisotopic (exact) mass is 285 g/mol. The van der Waals surface area contributed by atoms with E-state index in [1.807, 2.05) is 0 Å².